The summed E-state index contributed by atoms with van der Waals surface area (Å²) in [7, 11) is 16.5. The number of anilines is 1. The molecule has 1 heterocycles. The quantitative estimate of drug-likeness (QED) is 0.292. The van der Waals surface area contributed by atoms with Crippen molar-refractivity contribution in [2.24, 2.45) is 28.9 Å². The number of phenolic OH excluding ortho intramolecular Hbond substituents is 1. The van der Waals surface area contributed by atoms with Gasteiger partial charge in [-0.15, -0.1) is 0 Å². The number of benzene rings is 1. The van der Waals surface area contributed by atoms with Gasteiger partial charge in [0.2, 0.25) is 0 Å². The van der Waals surface area contributed by atoms with Gasteiger partial charge in [-0.25, -0.2) is 0 Å². The topological polar surface area (TPSA) is 131 Å². The summed E-state index contributed by atoms with van der Waals surface area (Å²) in [5.41, 5.74) is 8.71. The van der Waals surface area contributed by atoms with Crippen molar-refractivity contribution in [3.05, 3.63) is 39.7 Å². The molecule has 44 heavy (non-hydrogen) atoms. The molecule has 5 rings (SSSR count). The van der Waals surface area contributed by atoms with Gasteiger partial charge in [-0.2, -0.15) is 0 Å². The zero-order chi connectivity index (χ0) is 32.6. The van der Waals surface area contributed by atoms with E-state index in [2.05, 4.69) is 34.9 Å². The van der Waals surface area contributed by atoms with E-state index in [-0.39, 0.29) is 50.8 Å². The van der Waals surface area contributed by atoms with E-state index in [1.54, 1.807) is 25.1 Å². The number of phenols is 1. The van der Waals surface area contributed by atoms with Gasteiger partial charge < -0.3 is 0 Å². The first-order valence-corrected chi connectivity index (χ1v) is 16.1. The third-order valence-corrected chi connectivity index (χ3v) is 11.6. The molecule has 9 nitrogen and oxygen atoms in total. The van der Waals surface area contributed by atoms with Crippen molar-refractivity contribution < 1.29 is 24.9 Å². The Morgan fingerprint density at radius 3 is 2.30 bits per heavy atom. The molecule has 0 bridgehead atoms. The van der Waals surface area contributed by atoms with Crippen LogP contribution < -0.4 is 10.6 Å². The van der Waals surface area contributed by atoms with Crippen LogP contribution in [-0.2, 0) is 22.6 Å². The number of hydrogen-bond donors (Lipinski definition) is 4. The Labute approximate surface area is 264 Å². The van der Waals surface area contributed by atoms with Crippen LogP contribution in [-0.4, -0.2) is 102 Å². The van der Waals surface area contributed by atoms with E-state index in [4.69, 9.17) is 13.2 Å². The summed E-state index contributed by atoms with van der Waals surface area (Å²) < 4.78 is 0. The summed E-state index contributed by atoms with van der Waals surface area (Å²) in [5, 5.41) is 32.9. The zero-order valence-electron chi connectivity index (χ0n) is 27.1. The molecular formula is C33H47BN4O5P. The molecular weight excluding hydrogens is 574 g/mol. The van der Waals surface area contributed by atoms with Crippen molar-refractivity contribution >= 4 is 45.3 Å². The summed E-state index contributed by atoms with van der Waals surface area (Å²) in [6.45, 7) is 9.54. The maximum absolute atomic E-state index is 14.4. The van der Waals surface area contributed by atoms with E-state index < -0.39 is 28.8 Å². The van der Waals surface area contributed by atoms with Gasteiger partial charge in [0.1, 0.15) is 0 Å². The molecule has 1 aliphatic heterocycles. The van der Waals surface area contributed by atoms with Crippen LogP contribution in [0.2, 0.25) is 0 Å². The Hall–Kier alpha value is -2.68. The van der Waals surface area contributed by atoms with E-state index in [1.165, 1.54) is 0 Å². The van der Waals surface area contributed by atoms with Crippen molar-refractivity contribution in [1.82, 2.24) is 9.80 Å². The number of nitrogens with two attached hydrogens (primary N) is 1. The summed E-state index contributed by atoms with van der Waals surface area (Å²) in [4.78, 5) is 33.1. The number of carbonyl (C=O) groups is 2. The number of primary amides is 1. The normalized spacial score (nSPS) is 28.2. The Morgan fingerprint density at radius 1 is 1.16 bits per heavy atom. The number of piperidine rings is 1. The van der Waals surface area contributed by atoms with Crippen LogP contribution in [0.1, 0.15) is 56.7 Å². The Balaban J connectivity index is 1.58. The summed E-state index contributed by atoms with van der Waals surface area (Å²) in [6, 6.07) is 1.03. The zero-order valence-corrected chi connectivity index (χ0v) is 28.2. The van der Waals surface area contributed by atoms with Crippen LogP contribution in [0, 0.1) is 23.2 Å². The summed E-state index contributed by atoms with van der Waals surface area (Å²) in [6.07, 6.45) is 3.08. The number of fused-ring (bicyclic) bond motifs is 3. The summed E-state index contributed by atoms with van der Waals surface area (Å²) >= 11 is 0. The number of rotatable bonds is 5. The minimum absolute atomic E-state index is 0.0662. The predicted octanol–water partition coefficient (Wildman–Crippen LogP) is 2.94. The second-order valence-corrected chi connectivity index (χ2v) is 15.6. The first-order chi connectivity index (χ1) is 20.4. The molecule has 5 N–H and O–H groups in total. The average molecular weight is 622 g/mol. The molecule has 1 unspecified atom stereocenters. The monoisotopic (exact) mass is 621 g/mol. The van der Waals surface area contributed by atoms with Crippen molar-refractivity contribution in [1.29, 1.82) is 0 Å². The first kappa shape index (κ1) is 32.7. The third kappa shape index (κ3) is 5.01. The molecule has 5 atom stereocenters. The van der Waals surface area contributed by atoms with Gasteiger partial charge in [-0.3, -0.25) is 0 Å². The fourth-order valence-corrected chi connectivity index (χ4v) is 9.03. The average Bonchev–Trinajstić information content (AvgIpc) is 2.89. The van der Waals surface area contributed by atoms with Gasteiger partial charge in [-0.1, -0.05) is 20.8 Å². The number of aromatic hydroxyl groups is 1. The van der Waals surface area contributed by atoms with Gasteiger partial charge in [-0.05, 0) is 24.2 Å². The van der Waals surface area contributed by atoms with E-state index in [1.807, 2.05) is 19.0 Å². The molecule has 3 aliphatic carbocycles. The van der Waals surface area contributed by atoms with Crippen LogP contribution in [0.3, 0.4) is 0 Å². The number of likely N-dealkylation sites (tertiary alicyclic amines) is 1. The standard InChI is InChI=1S/C33H47BN4O5P/c1-32(2,3)18-8-10-38(11-9-18)15-17-14-21(39)23-19(25(17)36(4)5)12-16-13-20-26(37(6)7)28(41)24(31(35)43)29(34)33(20,44)30(42)22(16)27(23)40/h14,16,18,20,26,39-41H,8-13,15,44H2,1-7H3,(H2,35,43)/t16-,20-,26-,33+/m0/s1. The Morgan fingerprint density at radius 2 is 1.77 bits per heavy atom. The van der Waals surface area contributed by atoms with Crippen LogP contribution >= 0.6 is 9.24 Å². The van der Waals surface area contributed by atoms with Gasteiger partial charge in [0.05, 0.1) is 0 Å². The van der Waals surface area contributed by atoms with E-state index in [0.717, 1.165) is 42.7 Å². The predicted molar refractivity (Wildman–Crippen MR) is 179 cm³/mol. The molecule has 1 saturated carbocycles. The summed E-state index contributed by atoms with van der Waals surface area (Å²) in [5.74, 6) is -2.16. The Kier molecular flexibility index (Phi) is 8.39. The molecule has 11 heteroatoms. The Bertz CT molecular complexity index is 1490. The number of Topliss-reactive ketones (excluding diaryl/α,β-unsaturated/α-hetero) is 1. The van der Waals surface area contributed by atoms with Crippen LogP contribution in [0.4, 0.5) is 5.69 Å². The molecule has 1 radical (unpaired) electrons. The molecule has 2 fully saturated rings. The molecule has 4 aliphatic rings. The van der Waals surface area contributed by atoms with Crippen molar-refractivity contribution in [2.45, 2.75) is 64.2 Å². The molecule has 1 amide bonds. The second kappa shape index (κ2) is 11.3. The molecule has 237 valence electrons. The van der Waals surface area contributed by atoms with Crippen molar-refractivity contribution in [3.8, 4) is 5.75 Å². The minimum atomic E-state index is -1.47. The molecule has 1 aromatic carbocycles. The second-order valence-electron chi connectivity index (χ2n) is 14.7. The number of ketones is 1. The molecule has 1 aromatic rings. The fourth-order valence-electron chi connectivity index (χ4n) is 8.41. The first-order valence-electron chi connectivity index (χ1n) is 15.5. The third-order valence-electron chi connectivity index (χ3n) is 10.6. The molecule has 0 spiro atoms. The number of carbonyl (C=O) groups excluding carboxylic acids is 2. The van der Waals surface area contributed by atoms with Gasteiger partial charge >= 0.3 is 220 Å². The number of aliphatic hydroxyl groups excluding tert-OH is 2. The van der Waals surface area contributed by atoms with Crippen molar-refractivity contribution in [3.63, 3.8) is 0 Å². The number of nitrogens with zero attached hydrogens (tertiary/aromatic N) is 3. The van der Waals surface area contributed by atoms with Crippen molar-refractivity contribution in [2.75, 3.05) is 46.2 Å². The molecule has 1 saturated heterocycles. The molecule has 0 aromatic heterocycles. The van der Waals surface area contributed by atoms with E-state index >= 15 is 0 Å². The SMILES string of the molecule is [B]=C1C(C(N)=O)=C(O)[C@@H](N(C)C)[C@@H]2C[C@@H]3Cc4c(c(O)cc(CN5CCC(C(C)(C)C)CC5)c4N(C)C)C(O)=C3C(=O)[C@]12P. The number of allylic oxidation sites excluding steroid dienone is 1. The van der Waals surface area contributed by atoms with Crippen LogP contribution in [0.25, 0.3) is 5.76 Å². The van der Waals surface area contributed by atoms with Gasteiger partial charge in [0.15, 0.2) is 0 Å². The number of likely N-dealkylation sites (N-methyl/N-ethyl adjacent to an activating group) is 1. The van der Waals surface area contributed by atoms with E-state index in [9.17, 15) is 24.9 Å². The van der Waals surface area contributed by atoms with Gasteiger partial charge in [0.25, 0.3) is 0 Å². The van der Waals surface area contributed by atoms with E-state index in [0.29, 0.717) is 25.3 Å². The fraction of sp³-hybridized carbons (Fsp3) is 0.606. The van der Waals surface area contributed by atoms with Gasteiger partial charge in [0, 0.05) is 0 Å². The maximum atomic E-state index is 14.4. The van der Waals surface area contributed by atoms with Crippen LogP contribution in [0.5, 0.6) is 5.75 Å². The number of aliphatic hydroxyl groups is 2. The number of amides is 1. The van der Waals surface area contributed by atoms with Crippen LogP contribution in [0.15, 0.2) is 23.0 Å². The number of hydrogen-bond acceptors (Lipinski definition) is 8.